The molecule has 2 aromatic rings. The van der Waals surface area contributed by atoms with Crippen LogP contribution in [0.2, 0.25) is 0 Å². The number of hydrogen-bond donors (Lipinski definition) is 2. The molecule has 0 aliphatic carbocycles. The number of halogens is 3. The van der Waals surface area contributed by atoms with E-state index >= 15 is 0 Å². The highest BCUT2D eigenvalue weighted by Crippen LogP contribution is 2.34. The van der Waals surface area contributed by atoms with Crippen molar-refractivity contribution in [3.8, 4) is 11.8 Å². The summed E-state index contributed by atoms with van der Waals surface area (Å²) >= 11 is 5.89. The summed E-state index contributed by atoms with van der Waals surface area (Å²) in [7, 11) is 1.21. The summed E-state index contributed by atoms with van der Waals surface area (Å²) in [4.78, 5) is 23.7. The molecule has 0 aliphatic rings. The number of rotatable bonds is 3. The van der Waals surface area contributed by atoms with Crippen molar-refractivity contribution >= 4 is 85.4 Å². The lowest BCUT2D eigenvalue weighted by Crippen LogP contribution is -2.15. The Labute approximate surface area is 177 Å². The monoisotopic (exact) mass is 663 g/mol. The summed E-state index contributed by atoms with van der Waals surface area (Å²) in [5.74, 6) is -1.79. The minimum absolute atomic E-state index is 0.00799. The molecule has 0 bridgehead atoms. The molecule has 0 fully saturated rings. The van der Waals surface area contributed by atoms with E-state index in [2.05, 4.69) is 0 Å². The number of carbonyl (C=O) groups is 2. The quantitative estimate of drug-likeness (QED) is 0.385. The Balaban J connectivity index is 2.93. The maximum absolute atomic E-state index is 12.1. The molecule has 0 spiro atoms. The number of nitrogen functional groups attached to an aromatic ring is 1. The number of anilines is 1. The molecule has 10 heteroatoms. The average Bonchev–Trinajstić information content (AvgIpc) is 2.82. The molecule has 1 heterocycles. The van der Waals surface area contributed by atoms with E-state index in [-0.39, 0.29) is 22.5 Å². The van der Waals surface area contributed by atoms with E-state index in [1.807, 2.05) is 73.8 Å². The van der Waals surface area contributed by atoms with Crippen LogP contribution in [-0.2, 0) is 4.74 Å². The van der Waals surface area contributed by atoms with Gasteiger partial charge in [0.05, 0.1) is 33.2 Å². The molecule has 0 unspecified atom stereocenters. The van der Waals surface area contributed by atoms with Gasteiger partial charge in [0.15, 0.2) is 5.69 Å². The van der Waals surface area contributed by atoms with Crippen LogP contribution < -0.4 is 5.73 Å². The number of esters is 1. The summed E-state index contributed by atoms with van der Waals surface area (Å²) in [6.45, 7) is 0. The van der Waals surface area contributed by atoms with E-state index in [0.29, 0.717) is 16.4 Å². The molecule has 0 atom stereocenters. The number of carboxylic acids is 1. The summed E-state index contributed by atoms with van der Waals surface area (Å²) in [5, 5.41) is 18.6. The lowest BCUT2D eigenvalue weighted by molar-refractivity contribution is 0.0592. The number of nitrogens with two attached hydrogens (primary N) is 1. The maximum Gasteiger partial charge on any atom is 0.357 e. The first-order valence-electron chi connectivity index (χ1n) is 6.14. The fraction of sp³-hybridized carbons (Fsp3) is 0.0714. The molecule has 0 saturated carbocycles. The van der Waals surface area contributed by atoms with Crippen LogP contribution in [-0.4, -0.2) is 28.7 Å². The number of nitrogens with zero attached hydrogens (tertiary/aromatic N) is 2. The van der Waals surface area contributed by atoms with Crippen molar-refractivity contribution in [3.63, 3.8) is 0 Å². The number of methoxy groups -OCH3 is 1. The van der Waals surface area contributed by atoms with E-state index in [1.165, 1.54) is 17.9 Å². The zero-order chi connectivity index (χ0) is 18.2. The zero-order valence-electron chi connectivity index (χ0n) is 11.9. The highest BCUT2D eigenvalue weighted by Gasteiger charge is 2.27. The van der Waals surface area contributed by atoms with Crippen LogP contribution in [0.3, 0.4) is 0 Å². The van der Waals surface area contributed by atoms with Gasteiger partial charge in [0.25, 0.3) is 0 Å². The topological polar surface area (TPSA) is 118 Å². The van der Waals surface area contributed by atoms with Gasteiger partial charge >= 0.3 is 11.9 Å². The SMILES string of the molecule is COC(=O)c1c(N)c(C#N)cn1-c1c(I)cc(I)c(C(=O)O)c1I. The Kier molecular flexibility index (Phi) is 5.96. The highest BCUT2D eigenvalue weighted by molar-refractivity contribution is 14.1. The van der Waals surface area contributed by atoms with E-state index in [0.717, 1.165) is 0 Å². The van der Waals surface area contributed by atoms with Crippen molar-refractivity contribution in [1.82, 2.24) is 4.57 Å². The molecular weight excluding hydrogens is 655 g/mol. The fourth-order valence-corrected chi connectivity index (χ4v) is 6.44. The Bertz CT molecular complexity index is 915. The van der Waals surface area contributed by atoms with Gasteiger partial charge in [0.2, 0.25) is 0 Å². The molecule has 24 heavy (non-hydrogen) atoms. The number of benzene rings is 1. The summed E-state index contributed by atoms with van der Waals surface area (Å²) in [5.41, 5.74) is 6.56. The second kappa shape index (κ2) is 7.44. The van der Waals surface area contributed by atoms with Gasteiger partial charge in [-0.15, -0.1) is 0 Å². The highest BCUT2D eigenvalue weighted by atomic mass is 127. The molecule has 0 amide bonds. The van der Waals surface area contributed by atoms with Crippen LogP contribution in [0.5, 0.6) is 0 Å². The van der Waals surface area contributed by atoms with Crippen LogP contribution in [0.1, 0.15) is 26.4 Å². The second-order valence-corrected chi connectivity index (χ2v) is 7.86. The van der Waals surface area contributed by atoms with Crippen LogP contribution in [0.15, 0.2) is 12.3 Å². The number of ether oxygens (including phenoxy) is 1. The van der Waals surface area contributed by atoms with Crippen molar-refractivity contribution < 1.29 is 19.4 Å². The minimum Gasteiger partial charge on any atom is -0.478 e. The molecule has 7 nitrogen and oxygen atoms in total. The third-order valence-electron chi connectivity index (χ3n) is 3.14. The molecule has 1 aromatic heterocycles. The van der Waals surface area contributed by atoms with Crippen LogP contribution in [0.4, 0.5) is 5.69 Å². The smallest absolute Gasteiger partial charge is 0.357 e. The third kappa shape index (κ3) is 3.20. The largest absolute Gasteiger partial charge is 0.478 e. The van der Waals surface area contributed by atoms with E-state index in [4.69, 9.17) is 10.5 Å². The third-order valence-corrected chi connectivity index (χ3v) is 5.87. The average molecular weight is 663 g/mol. The Morgan fingerprint density at radius 2 is 1.96 bits per heavy atom. The Morgan fingerprint density at radius 3 is 2.46 bits per heavy atom. The summed E-state index contributed by atoms with van der Waals surface area (Å²) in [6, 6.07) is 3.60. The first-order chi connectivity index (χ1) is 11.2. The van der Waals surface area contributed by atoms with Crippen LogP contribution >= 0.6 is 67.8 Å². The van der Waals surface area contributed by atoms with Gasteiger partial charge in [-0.1, -0.05) is 0 Å². The minimum atomic E-state index is -1.08. The maximum atomic E-state index is 12.1. The van der Waals surface area contributed by atoms with Crippen LogP contribution in [0.25, 0.3) is 5.69 Å². The molecular formula is C14H8I3N3O4. The standard InChI is InChI=1S/C14H8I3N3O4/c1-24-14(23)12-10(19)5(3-18)4-20(12)11-7(16)2-6(15)8(9(11)17)13(21)22/h2,4H,19H2,1H3,(H,21,22). The van der Waals surface area contributed by atoms with Gasteiger partial charge < -0.3 is 20.1 Å². The molecule has 0 aliphatic heterocycles. The van der Waals surface area contributed by atoms with Gasteiger partial charge in [0, 0.05) is 13.3 Å². The number of aromatic carboxylic acids is 1. The van der Waals surface area contributed by atoms with Gasteiger partial charge in [-0.25, -0.2) is 9.59 Å². The predicted molar refractivity (Wildman–Crippen MR) is 111 cm³/mol. The van der Waals surface area contributed by atoms with Gasteiger partial charge in [-0.3, -0.25) is 0 Å². The molecule has 3 N–H and O–H groups in total. The normalized spacial score (nSPS) is 10.3. The predicted octanol–water partition coefficient (Wildman–Crippen LogP) is 3.23. The van der Waals surface area contributed by atoms with Gasteiger partial charge in [-0.2, -0.15) is 5.26 Å². The lowest BCUT2D eigenvalue weighted by Gasteiger charge is -2.15. The number of carbonyl (C=O) groups excluding carboxylic acids is 1. The van der Waals surface area contributed by atoms with Crippen molar-refractivity contribution in [2.75, 3.05) is 12.8 Å². The molecule has 0 radical (unpaired) electrons. The molecule has 0 saturated heterocycles. The van der Waals surface area contributed by atoms with Crippen molar-refractivity contribution in [3.05, 3.63) is 39.8 Å². The fourth-order valence-electron chi connectivity index (χ4n) is 2.09. The molecule has 2 rings (SSSR count). The first-order valence-corrected chi connectivity index (χ1v) is 9.38. The van der Waals surface area contributed by atoms with Crippen molar-refractivity contribution in [1.29, 1.82) is 5.26 Å². The lowest BCUT2D eigenvalue weighted by atomic mass is 10.2. The van der Waals surface area contributed by atoms with Crippen molar-refractivity contribution in [2.24, 2.45) is 0 Å². The number of aromatic nitrogens is 1. The number of hydrogen-bond acceptors (Lipinski definition) is 5. The van der Waals surface area contributed by atoms with E-state index in [1.54, 1.807) is 6.07 Å². The molecule has 124 valence electrons. The van der Waals surface area contributed by atoms with Gasteiger partial charge in [0.1, 0.15) is 6.07 Å². The van der Waals surface area contributed by atoms with E-state index in [9.17, 15) is 20.0 Å². The molecule has 1 aromatic carbocycles. The zero-order valence-corrected chi connectivity index (χ0v) is 18.4. The van der Waals surface area contributed by atoms with Crippen molar-refractivity contribution in [2.45, 2.75) is 0 Å². The Morgan fingerprint density at radius 1 is 1.33 bits per heavy atom. The van der Waals surface area contributed by atoms with Gasteiger partial charge in [-0.05, 0) is 73.8 Å². The Hall–Kier alpha value is -1.08. The summed E-state index contributed by atoms with van der Waals surface area (Å²) < 4.78 is 7.86. The van der Waals surface area contributed by atoms with E-state index < -0.39 is 11.9 Å². The number of nitriles is 1. The van der Waals surface area contributed by atoms with Crippen LogP contribution in [0, 0.1) is 22.0 Å². The second-order valence-electron chi connectivity index (χ2n) is 4.46. The summed E-state index contributed by atoms with van der Waals surface area (Å²) in [6.07, 6.45) is 1.40. The first kappa shape index (κ1) is 19.2. The number of carboxylic acid groups (broad SMARTS) is 1.